The average molecular weight is 330 g/mol. The lowest BCUT2D eigenvalue weighted by Crippen LogP contribution is -2.58. The summed E-state index contributed by atoms with van der Waals surface area (Å²) < 4.78 is 0. The smallest absolute Gasteiger partial charge is 0.321 e. The summed E-state index contributed by atoms with van der Waals surface area (Å²) in [7, 11) is 0. The van der Waals surface area contributed by atoms with Crippen LogP contribution in [0.1, 0.15) is 42.5 Å². The molecule has 1 saturated heterocycles. The summed E-state index contributed by atoms with van der Waals surface area (Å²) in [5.74, 6) is -0.783. The summed E-state index contributed by atoms with van der Waals surface area (Å²) in [5, 5.41) is 5.57. The van der Waals surface area contributed by atoms with Gasteiger partial charge in [-0.15, -0.1) is 0 Å². The molecule has 2 aliphatic rings. The van der Waals surface area contributed by atoms with Crippen molar-refractivity contribution in [1.82, 2.24) is 10.6 Å². The van der Waals surface area contributed by atoms with Gasteiger partial charge in [0.05, 0.1) is 0 Å². The highest BCUT2D eigenvalue weighted by Gasteiger charge is 2.39. The molecule has 0 unspecified atom stereocenters. The highest BCUT2D eigenvalue weighted by Crippen LogP contribution is 2.28. The Morgan fingerprint density at radius 1 is 1.12 bits per heavy atom. The first-order valence-electron chi connectivity index (χ1n) is 8.30. The Balaban J connectivity index is 1.72. The first-order valence-corrected chi connectivity index (χ1v) is 8.30. The van der Waals surface area contributed by atoms with E-state index in [2.05, 4.69) is 10.6 Å². The van der Waals surface area contributed by atoms with Gasteiger partial charge in [-0.3, -0.25) is 14.5 Å². The fraction of sp³-hybridized carbons (Fsp3) is 0.471. The summed E-state index contributed by atoms with van der Waals surface area (Å²) >= 11 is 0. The van der Waals surface area contributed by atoms with Gasteiger partial charge in [-0.1, -0.05) is 19.3 Å². The van der Waals surface area contributed by atoms with Crippen LogP contribution < -0.4 is 21.3 Å². The lowest BCUT2D eigenvalue weighted by atomic mass is 9.81. The molecule has 3 rings (SSSR count). The van der Waals surface area contributed by atoms with Gasteiger partial charge in [-0.25, -0.2) is 4.79 Å². The number of nitrogens with one attached hydrogen (secondary N) is 2. The highest BCUT2D eigenvalue weighted by molar-refractivity contribution is 6.00. The molecule has 1 aliphatic heterocycles. The van der Waals surface area contributed by atoms with E-state index in [1.165, 1.54) is 0 Å². The predicted octanol–water partition coefficient (Wildman–Crippen LogP) is 1.13. The topological polar surface area (TPSA) is 105 Å². The van der Waals surface area contributed by atoms with Gasteiger partial charge >= 0.3 is 6.03 Å². The number of benzene rings is 1. The van der Waals surface area contributed by atoms with Crippen molar-refractivity contribution in [2.24, 2.45) is 5.73 Å². The van der Waals surface area contributed by atoms with Crippen molar-refractivity contribution >= 4 is 23.5 Å². The highest BCUT2D eigenvalue weighted by atomic mass is 16.2. The quantitative estimate of drug-likeness (QED) is 0.771. The fourth-order valence-corrected chi connectivity index (χ4v) is 3.39. The predicted molar refractivity (Wildman–Crippen MR) is 89.7 cm³/mol. The van der Waals surface area contributed by atoms with Gasteiger partial charge in [-0.05, 0) is 37.1 Å². The number of anilines is 1. The van der Waals surface area contributed by atoms with Gasteiger partial charge in [0, 0.05) is 24.3 Å². The van der Waals surface area contributed by atoms with E-state index >= 15 is 0 Å². The molecule has 0 aromatic heterocycles. The molecule has 24 heavy (non-hydrogen) atoms. The molecule has 0 radical (unpaired) electrons. The van der Waals surface area contributed by atoms with Crippen LogP contribution in [0.4, 0.5) is 10.5 Å². The Kier molecular flexibility index (Phi) is 4.42. The van der Waals surface area contributed by atoms with Crippen LogP contribution in [-0.4, -0.2) is 36.5 Å². The van der Waals surface area contributed by atoms with Crippen LogP contribution in [0.3, 0.4) is 0 Å². The number of nitrogens with two attached hydrogens (primary N) is 1. The maximum atomic E-state index is 12.5. The number of carbonyl (C=O) groups is 3. The minimum Gasteiger partial charge on any atom is -0.368 e. The molecule has 2 fully saturated rings. The molecule has 1 aromatic carbocycles. The molecule has 0 bridgehead atoms. The molecule has 0 atom stereocenters. The Bertz CT molecular complexity index is 650. The lowest BCUT2D eigenvalue weighted by Gasteiger charge is -2.35. The molecule has 0 spiro atoms. The Morgan fingerprint density at radius 3 is 2.33 bits per heavy atom. The minimum atomic E-state index is -0.942. The first kappa shape index (κ1) is 16.3. The second kappa shape index (κ2) is 6.51. The number of primary amides is 1. The number of urea groups is 1. The van der Waals surface area contributed by atoms with Crippen LogP contribution in [0.25, 0.3) is 0 Å². The normalized spacial score (nSPS) is 19.7. The van der Waals surface area contributed by atoms with E-state index in [0.29, 0.717) is 31.5 Å². The zero-order valence-electron chi connectivity index (χ0n) is 13.5. The van der Waals surface area contributed by atoms with Crippen LogP contribution in [0.5, 0.6) is 0 Å². The monoisotopic (exact) mass is 330 g/mol. The summed E-state index contributed by atoms with van der Waals surface area (Å²) in [6.07, 6.45) is 3.98. The summed E-state index contributed by atoms with van der Waals surface area (Å²) in [4.78, 5) is 37.6. The molecule has 7 heteroatoms. The maximum absolute atomic E-state index is 12.5. The molecule has 4 amide bonds. The van der Waals surface area contributed by atoms with E-state index in [1.807, 2.05) is 0 Å². The van der Waals surface area contributed by atoms with Crippen LogP contribution in [0.2, 0.25) is 0 Å². The van der Waals surface area contributed by atoms with E-state index in [9.17, 15) is 14.4 Å². The van der Waals surface area contributed by atoms with Crippen molar-refractivity contribution in [2.75, 3.05) is 18.0 Å². The third kappa shape index (κ3) is 3.06. The SMILES string of the molecule is NC(=O)C1(NC(=O)c2ccc(N3CCNC3=O)cc2)CCCCC1. The fourth-order valence-electron chi connectivity index (χ4n) is 3.39. The number of carbonyl (C=O) groups excluding carboxylic acids is 3. The molecule has 128 valence electrons. The van der Waals surface area contributed by atoms with Gasteiger partial charge in [0.25, 0.3) is 5.91 Å². The number of nitrogens with zero attached hydrogens (tertiary/aromatic N) is 1. The molecule has 1 saturated carbocycles. The molecule has 1 heterocycles. The number of amides is 4. The average Bonchev–Trinajstić information content (AvgIpc) is 3.02. The molecular formula is C17H22N4O3. The molecular weight excluding hydrogens is 308 g/mol. The van der Waals surface area contributed by atoms with Crippen LogP contribution in [0.15, 0.2) is 24.3 Å². The largest absolute Gasteiger partial charge is 0.368 e. The molecule has 7 nitrogen and oxygen atoms in total. The van der Waals surface area contributed by atoms with Gasteiger partial charge in [0.15, 0.2) is 0 Å². The van der Waals surface area contributed by atoms with Crippen molar-refractivity contribution in [3.8, 4) is 0 Å². The third-order valence-electron chi connectivity index (χ3n) is 4.83. The van der Waals surface area contributed by atoms with Crippen molar-refractivity contribution in [3.63, 3.8) is 0 Å². The first-order chi connectivity index (χ1) is 11.5. The summed E-state index contributed by atoms with van der Waals surface area (Å²) in [6.45, 7) is 1.22. The van der Waals surface area contributed by atoms with E-state index in [-0.39, 0.29) is 11.9 Å². The van der Waals surface area contributed by atoms with Crippen molar-refractivity contribution < 1.29 is 14.4 Å². The Hall–Kier alpha value is -2.57. The van der Waals surface area contributed by atoms with Crippen molar-refractivity contribution in [3.05, 3.63) is 29.8 Å². The van der Waals surface area contributed by atoms with Crippen molar-refractivity contribution in [2.45, 2.75) is 37.6 Å². The Morgan fingerprint density at radius 2 is 1.79 bits per heavy atom. The number of hydrogen-bond acceptors (Lipinski definition) is 3. The van der Waals surface area contributed by atoms with Gasteiger partial charge in [0.2, 0.25) is 5.91 Å². The summed E-state index contributed by atoms with van der Waals surface area (Å²) in [6, 6.07) is 6.65. The third-order valence-corrected chi connectivity index (χ3v) is 4.83. The van der Waals surface area contributed by atoms with Gasteiger partial charge < -0.3 is 16.4 Å². The molecule has 1 aliphatic carbocycles. The molecule has 4 N–H and O–H groups in total. The standard InChI is InChI=1S/C17H22N4O3/c18-15(23)17(8-2-1-3-9-17)20-14(22)12-4-6-13(7-5-12)21-11-10-19-16(21)24/h4-7H,1-3,8-11H2,(H2,18,23)(H,19,24)(H,20,22). The van der Waals surface area contributed by atoms with E-state index in [1.54, 1.807) is 29.2 Å². The second-order valence-corrected chi connectivity index (χ2v) is 6.39. The van der Waals surface area contributed by atoms with E-state index < -0.39 is 11.4 Å². The summed E-state index contributed by atoms with van der Waals surface area (Å²) in [5.41, 5.74) is 5.79. The van der Waals surface area contributed by atoms with E-state index in [4.69, 9.17) is 5.73 Å². The van der Waals surface area contributed by atoms with Crippen LogP contribution >= 0.6 is 0 Å². The number of rotatable bonds is 4. The maximum Gasteiger partial charge on any atom is 0.321 e. The van der Waals surface area contributed by atoms with Gasteiger partial charge in [-0.2, -0.15) is 0 Å². The Labute approximate surface area is 140 Å². The second-order valence-electron chi connectivity index (χ2n) is 6.39. The van der Waals surface area contributed by atoms with E-state index in [0.717, 1.165) is 24.9 Å². The zero-order chi connectivity index (χ0) is 17.2. The zero-order valence-corrected chi connectivity index (χ0v) is 13.5. The number of hydrogen-bond donors (Lipinski definition) is 3. The minimum absolute atomic E-state index is 0.137. The van der Waals surface area contributed by atoms with Crippen LogP contribution in [0, 0.1) is 0 Å². The lowest BCUT2D eigenvalue weighted by molar-refractivity contribution is -0.125. The van der Waals surface area contributed by atoms with Crippen molar-refractivity contribution in [1.29, 1.82) is 0 Å². The van der Waals surface area contributed by atoms with Gasteiger partial charge in [0.1, 0.15) is 5.54 Å². The van der Waals surface area contributed by atoms with Crippen LogP contribution in [-0.2, 0) is 4.79 Å². The molecule has 1 aromatic rings.